The summed E-state index contributed by atoms with van der Waals surface area (Å²) >= 11 is 7.23. The van der Waals surface area contributed by atoms with Crippen molar-refractivity contribution in [3.05, 3.63) is 59.9 Å². The lowest BCUT2D eigenvalue weighted by molar-refractivity contribution is 0.409. The number of ether oxygens (including phenoxy) is 1. The first-order chi connectivity index (χ1) is 10.2. The van der Waals surface area contributed by atoms with E-state index >= 15 is 0 Å². The van der Waals surface area contributed by atoms with Gasteiger partial charge in [-0.1, -0.05) is 30.4 Å². The standard InChI is InChI=1S/C16H14FNOS2/c1-19-14-5-3-2-4-13(14)16-18(15(20)10-21-16)12-8-6-11(17)7-9-12/h2-9,16H,10H2,1H3. The third kappa shape index (κ3) is 2.76. The van der Waals surface area contributed by atoms with Crippen molar-refractivity contribution in [2.45, 2.75) is 5.37 Å². The van der Waals surface area contributed by atoms with Gasteiger partial charge in [-0.05, 0) is 30.3 Å². The highest BCUT2D eigenvalue weighted by Crippen LogP contribution is 2.45. The fourth-order valence-electron chi connectivity index (χ4n) is 2.41. The van der Waals surface area contributed by atoms with Crippen LogP contribution in [0.25, 0.3) is 0 Å². The lowest BCUT2D eigenvalue weighted by atomic mass is 10.1. The molecular weight excluding hydrogens is 305 g/mol. The normalized spacial score (nSPS) is 18.1. The lowest BCUT2D eigenvalue weighted by Crippen LogP contribution is -2.26. The van der Waals surface area contributed by atoms with Gasteiger partial charge in [0.25, 0.3) is 0 Å². The Labute approximate surface area is 132 Å². The molecule has 0 spiro atoms. The van der Waals surface area contributed by atoms with Gasteiger partial charge in [0.2, 0.25) is 0 Å². The number of para-hydroxylation sites is 1. The van der Waals surface area contributed by atoms with Crippen molar-refractivity contribution in [3.63, 3.8) is 0 Å². The van der Waals surface area contributed by atoms with Crippen LogP contribution in [0.1, 0.15) is 10.9 Å². The van der Waals surface area contributed by atoms with Crippen LogP contribution >= 0.6 is 24.0 Å². The first-order valence-electron chi connectivity index (χ1n) is 6.53. The van der Waals surface area contributed by atoms with Gasteiger partial charge in [-0.25, -0.2) is 4.39 Å². The van der Waals surface area contributed by atoms with Gasteiger partial charge in [0.15, 0.2) is 0 Å². The summed E-state index contributed by atoms with van der Waals surface area (Å²) < 4.78 is 18.6. The topological polar surface area (TPSA) is 12.5 Å². The van der Waals surface area contributed by atoms with E-state index in [1.807, 2.05) is 24.3 Å². The molecule has 1 unspecified atom stereocenters. The molecule has 0 aliphatic carbocycles. The van der Waals surface area contributed by atoms with Gasteiger partial charge >= 0.3 is 0 Å². The molecule has 21 heavy (non-hydrogen) atoms. The number of benzene rings is 2. The van der Waals surface area contributed by atoms with Crippen molar-refractivity contribution >= 4 is 34.7 Å². The zero-order valence-corrected chi connectivity index (χ0v) is 13.1. The monoisotopic (exact) mass is 319 g/mol. The van der Waals surface area contributed by atoms with Crippen LogP contribution in [0.4, 0.5) is 10.1 Å². The van der Waals surface area contributed by atoms with Crippen molar-refractivity contribution in [2.75, 3.05) is 17.8 Å². The fourth-order valence-corrected chi connectivity index (χ4v) is 4.10. The zero-order valence-electron chi connectivity index (χ0n) is 11.5. The summed E-state index contributed by atoms with van der Waals surface area (Å²) in [5.41, 5.74) is 1.98. The molecule has 1 saturated heterocycles. The van der Waals surface area contributed by atoms with Crippen LogP contribution in [0.3, 0.4) is 0 Å². The van der Waals surface area contributed by atoms with E-state index in [4.69, 9.17) is 17.0 Å². The molecule has 3 rings (SSSR count). The van der Waals surface area contributed by atoms with Gasteiger partial charge in [0.05, 0.1) is 12.1 Å². The van der Waals surface area contributed by atoms with Crippen LogP contribution in [-0.4, -0.2) is 17.9 Å². The molecule has 1 aliphatic rings. The molecule has 0 bridgehead atoms. The van der Waals surface area contributed by atoms with Gasteiger partial charge in [0.1, 0.15) is 16.9 Å². The first-order valence-corrected chi connectivity index (χ1v) is 7.98. The summed E-state index contributed by atoms with van der Waals surface area (Å²) in [5, 5.41) is 0.0547. The first kappa shape index (κ1) is 14.4. The van der Waals surface area contributed by atoms with Gasteiger partial charge in [0, 0.05) is 17.0 Å². The quantitative estimate of drug-likeness (QED) is 0.776. The van der Waals surface area contributed by atoms with Gasteiger partial charge in [-0.2, -0.15) is 0 Å². The minimum atomic E-state index is -0.245. The Kier molecular flexibility index (Phi) is 4.12. The Hall–Kier alpha value is -1.59. The lowest BCUT2D eigenvalue weighted by Gasteiger charge is -2.27. The summed E-state index contributed by atoms with van der Waals surface area (Å²) in [6.45, 7) is 0. The molecule has 1 aliphatic heterocycles. The molecule has 1 atom stereocenters. The predicted molar refractivity (Wildman–Crippen MR) is 89.7 cm³/mol. The third-order valence-corrected chi connectivity index (χ3v) is 5.12. The molecule has 108 valence electrons. The summed E-state index contributed by atoms with van der Waals surface area (Å²) in [5.74, 6) is 1.37. The molecular formula is C16H14FNOS2. The number of anilines is 1. The predicted octanol–water partition coefficient (Wildman–Crippen LogP) is 4.41. The molecule has 0 amide bonds. The maximum atomic E-state index is 13.1. The Morgan fingerprint density at radius 3 is 2.62 bits per heavy atom. The van der Waals surface area contributed by atoms with Crippen LogP contribution < -0.4 is 9.64 Å². The second-order valence-corrected chi connectivity index (χ2v) is 6.19. The number of halogens is 1. The van der Waals surface area contributed by atoms with E-state index in [9.17, 15) is 4.39 Å². The largest absolute Gasteiger partial charge is 0.496 e. The molecule has 0 saturated carbocycles. The van der Waals surface area contributed by atoms with Crippen molar-refractivity contribution in [2.24, 2.45) is 0 Å². The summed E-state index contributed by atoms with van der Waals surface area (Å²) in [6, 6.07) is 14.4. The molecule has 5 heteroatoms. The highest BCUT2D eigenvalue weighted by Gasteiger charge is 2.33. The summed E-state index contributed by atoms with van der Waals surface area (Å²) in [4.78, 5) is 2.92. The molecule has 0 N–H and O–H groups in total. The number of methoxy groups -OCH3 is 1. The van der Waals surface area contributed by atoms with Crippen LogP contribution in [0.2, 0.25) is 0 Å². The van der Waals surface area contributed by atoms with Crippen LogP contribution in [0.5, 0.6) is 5.75 Å². The summed E-state index contributed by atoms with van der Waals surface area (Å²) in [7, 11) is 1.67. The van der Waals surface area contributed by atoms with E-state index in [0.29, 0.717) is 0 Å². The minimum Gasteiger partial charge on any atom is -0.496 e. The number of thioether (sulfide) groups is 1. The molecule has 2 nitrogen and oxygen atoms in total. The van der Waals surface area contributed by atoms with E-state index in [-0.39, 0.29) is 11.2 Å². The third-order valence-electron chi connectivity index (χ3n) is 3.38. The molecule has 1 fully saturated rings. The number of nitrogens with zero attached hydrogens (tertiary/aromatic N) is 1. The average molecular weight is 319 g/mol. The van der Waals surface area contributed by atoms with E-state index in [1.54, 1.807) is 31.0 Å². The Morgan fingerprint density at radius 1 is 1.19 bits per heavy atom. The van der Waals surface area contributed by atoms with E-state index in [0.717, 1.165) is 27.7 Å². The average Bonchev–Trinajstić information content (AvgIpc) is 2.90. The van der Waals surface area contributed by atoms with Gasteiger partial charge in [-0.15, -0.1) is 11.8 Å². The maximum absolute atomic E-state index is 13.1. The Balaban J connectivity index is 2.01. The molecule has 2 aromatic rings. The second-order valence-electron chi connectivity index (χ2n) is 4.65. The number of hydrogen-bond acceptors (Lipinski definition) is 3. The number of thiocarbonyl (C=S) groups is 1. The molecule has 1 heterocycles. The second kappa shape index (κ2) is 6.03. The van der Waals surface area contributed by atoms with Crippen LogP contribution in [0.15, 0.2) is 48.5 Å². The van der Waals surface area contributed by atoms with E-state index < -0.39 is 0 Å². The summed E-state index contributed by atoms with van der Waals surface area (Å²) in [6.07, 6.45) is 0. The van der Waals surface area contributed by atoms with Crippen molar-refractivity contribution in [1.82, 2.24) is 0 Å². The Morgan fingerprint density at radius 2 is 1.90 bits per heavy atom. The highest BCUT2D eigenvalue weighted by atomic mass is 32.2. The Bertz CT molecular complexity index is 660. The molecule has 0 radical (unpaired) electrons. The fraction of sp³-hybridized carbons (Fsp3) is 0.188. The van der Waals surface area contributed by atoms with E-state index in [2.05, 4.69) is 4.90 Å². The maximum Gasteiger partial charge on any atom is 0.125 e. The SMILES string of the molecule is COc1ccccc1C1SCC(=S)N1c1ccc(F)cc1. The number of hydrogen-bond donors (Lipinski definition) is 0. The van der Waals surface area contributed by atoms with Crippen LogP contribution in [-0.2, 0) is 0 Å². The van der Waals surface area contributed by atoms with Crippen molar-refractivity contribution in [1.29, 1.82) is 0 Å². The molecule has 0 aromatic heterocycles. The number of rotatable bonds is 3. The van der Waals surface area contributed by atoms with E-state index in [1.165, 1.54) is 12.1 Å². The minimum absolute atomic E-state index is 0.0547. The van der Waals surface area contributed by atoms with Crippen LogP contribution in [0, 0.1) is 5.82 Å². The zero-order chi connectivity index (χ0) is 14.8. The highest BCUT2D eigenvalue weighted by molar-refractivity contribution is 8.02. The van der Waals surface area contributed by atoms with Gasteiger partial charge < -0.3 is 9.64 Å². The van der Waals surface area contributed by atoms with Crippen molar-refractivity contribution in [3.8, 4) is 5.75 Å². The van der Waals surface area contributed by atoms with Crippen molar-refractivity contribution < 1.29 is 9.13 Å². The smallest absolute Gasteiger partial charge is 0.125 e. The van der Waals surface area contributed by atoms with Gasteiger partial charge in [-0.3, -0.25) is 0 Å². The molecule has 2 aromatic carbocycles.